The van der Waals surface area contributed by atoms with Gasteiger partial charge >= 0.3 is 5.97 Å². The number of pyridine rings is 1. The van der Waals surface area contributed by atoms with Gasteiger partial charge < -0.3 is 10.4 Å². The second-order valence-corrected chi connectivity index (χ2v) is 3.71. The predicted octanol–water partition coefficient (Wildman–Crippen LogP) is 1.49. The molecule has 0 amide bonds. The van der Waals surface area contributed by atoms with Crippen LogP contribution in [0.1, 0.15) is 21.7 Å². The summed E-state index contributed by atoms with van der Waals surface area (Å²) in [6.07, 6.45) is 3.07. The van der Waals surface area contributed by atoms with Crippen LogP contribution < -0.4 is 5.32 Å². The number of hydrogen-bond acceptors (Lipinski definition) is 5. The number of nitrogens with one attached hydrogen (secondary N) is 1. The quantitative estimate of drug-likeness (QED) is 0.847. The Morgan fingerprint density at radius 2 is 2.22 bits per heavy atom. The van der Waals surface area contributed by atoms with Crippen LogP contribution in [0, 0.1) is 6.92 Å². The molecule has 0 saturated heterocycles. The maximum absolute atomic E-state index is 11.0. The second-order valence-electron chi connectivity index (χ2n) is 3.71. The van der Waals surface area contributed by atoms with E-state index in [2.05, 4.69) is 20.3 Å². The molecule has 0 atom stereocenters. The Labute approximate surface area is 104 Å². The summed E-state index contributed by atoms with van der Waals surface area (Å²) >= 11 is 0. The molecule has 0 bridgehead atoms. The molecule has 2 aromatic rings. The summed E-state index contributed by atoms with van der Waals surface area (Å²) in [5.74, 6) is -0.659. The van der Waals surface area contributed by atoms with Crippen molar-refractivity contribution in [3.63, 3.8) is 0 Å². The van der Waals surface area contributed by atoms with Gasteiger partial charge in [-0.1, -0.05) is 0 Å². The van der Waals surface area contributed by atoms with E-state index in [1.165, 1.54) is 12.4 Å². The zero-order valence-corrected chi connectivity index (χ0v) is 9.79. The van der Waals surface area contributed by atoms with E-state index in [9.17, 15) is 4.79 Å². The highest BCUT2D eigenvalue weighted by molar-refractivity contribution is 5.93. The lowest BCUT2D eigenvalue weighted by atomic mass is 10.2. The Morgan fingerprint density at radius 1 is 1.39 bits per heavy atom. The van der Waals surface area contributed by atoms with Gasteiger partial charge in [0.25, 0.3) is 0 Å². The molecule has 2 rings (SSSR count). The van der Waals surface area contributed by atoms with Gasteiger partial charge in [0.05, 0.1) is 12.2 Å². The molecule has 0 fully saturated rings. The van der Waals surface area contributed by atoms with Crippen LogP contribution in [0.15, 0.2) is 30.7 Å². The van der Waals surface area contributed by atoms with E-state index in [0.717, 1.165) is 11.4 Å². The molecule has 18 heavy (non-hydrogen) atoms. The summed E-state index contributed by atoms with van der Waals surface area (Å²) in [6.45, 7) is 2.21. The van der Waals surface area contributed by atoms with Crippen LogP contribution in [0.3, 0.4) is 0 Å². The SMILES string of the molecule is Cc1ccc(C(=O)O)c(NCc2ccncn2)n1. The second kappa shape index (κ2) is 5.22. The van der Waals surface area contributed by atoms with Gasteiger partial charge in [0.15, 0.2) is 0 Å². The maximum atomic E-state index is 11.0. The van der Waals surface area contributed by atoms with Gasteiger partial charge in [-0.25, -0.2) is 19.7 Å². The van der Waals surface area contributed by atoms with Gasteiger partial charge in [-0.3, -0.25) is 0 Å². The van der Waals surface area contributed by atoms with Gasteiger partial charge in [0.2, 0.25) is 0 Å². The molecule has 6 heteroatoms. The van der Waals surface area contributed by atoms with E-state index >= 15 is 0 Å². The number of carboxylic acid groups (broad SMARTS) is 1. The summed E-state index contributed by atoms with van der Waals surface area (Å²) in [5, 5.41) is 12.0. The van der Waals surface area contributed by atoms with Crippen molar-refractivity contribution < 1.29 is 9.90 Å². The summed E-state index contributed by atoms with van der Waals surface area (Å²) in [6, 6.07) is 4.95. The van der Waals surface area contributed by atoms with Crippen molar-refractivity contribution in [1.29, 1.82) is 0 Å². The fourth-order valence-electron chi connectivity index (χ4n) is 1.46. The summed E-state index contributed by atoms with van der Waals surface area (Å²) in [7, 11) is 0. The smallest absolute Gasteiger partial charge is 0.339 e. The number of aryl methyl sites for hydroxylation is 1. The molecule has 92 valence electrons. The lowest BCUT2D eigenvalue weighted by Crippen LogP contribution is -2.09. The molecule has 0 unspecified atom stereocenters. The molecule has 6 nitrogen and oxygen atoms in total. The third-order valence-corrected chi connectivity index (χ3v) is 2.35. The fraction of sp³-hybridized carbons (Fsp3) is 0.167. The summed E-state index contributed by atoms with van der Waals surface area (Å²) < 4.78 is 0. The van der Waals surface area contributed by atoms with E-state index in [0.29, 0.717) is 12.4 Å². The third kappa shape index (κ3) is 2.79. The minimum absolute atomic E-state index is 0.148. The Kier molecular flexibility index (Phi) is 3.47. The van der Waals surface area contributed by atoms with Crippen LogP contribution in [0.5, 0.6) is 0 Å². The van der Waals surface area contributed by atoms with Gasteiger partial charge in [-0.05, 0) is 25.1 Å². The Balaban J connectivity index is 2.18. The lowest BCUT2D eigenvalue weighted by molar-refractivity contribution is 0.0697. The Hall–Kier alpha value is -2.50. The molecule has 0 aliphatic rings. The van der Waals surface area contributed by atoms with Crippen LogP contribution in [0.4, 0.5) is 5.82 Å². The zero-order valence-electron chi connectivity index (χ0n) is 9.79. The fourth-order valence-corrected chi connectivity index (χ4v) is 1.46. The first-order valence-corrected chi connectivity index (χ1v) is 5.36. The minimum atomic E-state index is -1.01. The molecule has 2 aromatic heterocycles. The van der Waals surface area contributed by atoms with Gasteiger partial charge in [0.1, 0.15) is 17.7 Å². The van der Waals surface area contributed by atoms with E-state index in [1.807, 2.05) is 6.92 Å². The monoisotopic (exact) mass is 244 g/mol. The van der Waals surface area contributed by atoms with Crippen molar-refractivity contribution in [1.82, 2.24) is 15.0 Å². The molecule has 0 spiro atoms. The molecule has 0 aromatic carbocycles. The highest BCUT2D eigenvalue weighted by Crippen LogP contribution is 2.14. The summed E-state index contributed by atoms with van der Waals surface area (Å²) in [5.41, 5.74) is 1.67. The standard InChI is InChI=1S/C12H12N4O2/c1-8-2-3-10(12(17)18)11(16-8)14-6-9-4-5-13-7-15-9/h2-5,7H,6H2,1H3,(H,14,16)(H,17,18). The minimum Gasteiger partial charge on any atom is -0.478 e. The molecule has 2 heterocycles. The van der Waals surface area contributed by atoms with Gasteiger partial charge in [-0.15, -0.1) is 0 Å². The van der Waals surface area contributed by atoms with Gasteiger partial charge in [0, 0.05) is 11.9 Å². The number of rotatable bonds is 4. The Morgan fingerprint density at radius 3 is 2.89 bits per heavy atom. The number of hydrogen-bond donors (Lipinski definition) is 2. The first-order chi connectivity index (χ1) is 8.66. The molecule has 0 radical (unpaired) electrons. The molecular formula is C12H12N4O2. The molecule has 2 N–H and O–H groups in total. The van der Waals surface area contributed by atoms with E-state index < -0.39 is 5.97 Å². The normalized spacial score (nSPS) is 10.1. The molecule has 0 aliphatic carbocycles. The molecule has 0 aliphatic heterocycles. The van der Waals surface area contributed by atoms with Gasteiger partial charge in [-0.2, -0.15) is 0 Å². The first kappa shape index (κ1) is 12.0. The average Bonchev–Trinajstić information content (AvgIpc) is 2.37. The van der Waals surface area contributed by atoms with Crippen molar-refractivity contribution in [2.24, 2.45) is 0 Å². The molecular weight excluding hydrogens is 232 g/mol. The van der Waals surface area contributed by atoms with Crippen LogP contribution in [0.25, 0.3) is 0 Å². The molecule has 0 saturated carbocycles. The lowest BCUT2D eigenvalue weighted by Gasteiger charge is -2.08. The van der Waals surface area contributed by atoms with E-state index in [4.69, 9.17) is 5.11 Å². The van der Waals surface area contributed by atoms with Crippen LogP contribution in [0.2, 0.25) is 0 Å². The van der Waals surface area contributed by atoms with Crippen molar-refractivity contribution in [2.75, 3.05) is 5.32 Å². The average molecular weight is 244 g/mol. The number of aromatic carboxylic acids is 1. The van der Waals surface area contributed by atoms with Crippen molar-refractivity contribution >= 4 is 11.8 Å². The predicted molar refractivity (Wildman–Crippen MR) is 65.3 cm³/mol. The number of nitrogens with zero attached hydrogens (tertiary/aromatic N) is 3. The number of carbonyl (C=O) groups is 1. The van der Waals surface area contributed by atoms with E-state index in [-0.39, 0.29) is 5.56 Å². The zero-order chi connectivity index (χ0) is 13.0. The van der Waals surface area contributed by atoms with Crippen molar-refractivity contribution in [3.8, 4) is 0 Å². The number of anilines is 1. The van der Waals surface area contributed by atoms with Crippen LogP contribution in [-0.4, -0.2) is 26.0 Å². The topological polar surface area (TPSA) is 88.0 Å². The maximum Gasteiger partial charge on any atom is 0.339 e. The van der Waals surface area contributed by atoms with Crippen molar-refractivity contribution in [3.05, 3.63) is 47.7 Å². The number of carboxylic acids is 1. The first-order valence-electron chi connectivity index (χ1n) is 5.36. The highest BCUT2D eigenvalue weighted by atomic mass is 16.4. The summed E-state index contributed by atoms with van der Waals surface area (Å²) in [4.78, 5) is 23.1. The largest absolute Gasteiger partial charge is 0.478 e. The van der Waals surface area contributed by atoms with Crippen LogP contribution in [-0.2, 0) is 6.54 Å². The number of aromatic nitrogens is 3. The third-order valence-electron chi connectivity index (χ3n) is 2.35. The van der Waals surface area contributed by atoms with E-state index in [1.54, 1.807) is 18.3 Å². The van der Waals surface area contributed by atoms with Crippen LogP contribution >= 0.6 is 0 Å². The highest BCUT2D eigenvalue weighted by Gasteiger charge is 2.11. The Bertz CT molecular complexity index is 557. The van der Waals surface area contributed by atoms with Crippen molar-refractivity contribution in [2.45, 2.75) is 13.5 Å².